The van der Waals surface area contributed by atoms with E-state index in [2.05, 4.69) is 10.1 Å². The first-order valence-corrected chi connectivity index (χ1v) is 7.17. The van der Waals surface area contributed by atoms with E-state index in [9.17, 15) is 9.18 Å². The summed E-state index contributed by atoms with van der Waals surface area (Å²) in [5, 5.41) is 3.87. The molecule has 0 spiro atoms. The number of halogens is 1. The number of carbonyl (C=O) groups is 1. The predicted octanol–water partition coefficient (Wildman–Crippen LogP) is 3.19. The lowest BCUT2D eigenvalue weighted by Crippen LogP contribution is -2.17. The number of nitrogens with zero attached hydrogens (tertiary/aromatic N) is 2. The van der Waals surface area contributed by atoms with E-state index < -0.39 is 12.1 Å². The first-order valence-electron chi connectivity index (χ1n) is 7.17. The number of hydrogen-bond donors (Lipinski definition) is 0. The molecule has 2 aromatic rings. The van der Waals surface area contributed by atoms with Crippen LogP contribution in [-0.2, 0) is 14.9 Å². The third-order valence-corrected chi connectivity index (χ3v) is 2.94. The smallest absolute Gasteiger partial charge is 0.344 e. The summed E-state index contributed by atoms with van der Waals surface area (Å²) in [6.45, 7) is 7.20. The number of rotatable bonds is 5. The summed E-state index contributed by atoms with van der Waals surface area (Å²) in [4.78, 5) is 16.0. The number of hydrogen-bond acceptors (Lipinski definition) is 6. The quantitative estimate of drug-likeness (QED) is 0.787. The van der Waals surface area contributed by atoms with Crippen LogP contribution in [0.3, 0.4) is 0 Å². The molecule has 0 radical (unpaired) electrons. The van der Waals surface area contributed by atoms with Gasteiger partial charge in [0.25, 0.3) is 5.89 Å². The molecule has 23 heavy (non-hydrogen) atoms. The minimum atomic E-state index is -0.678. The van der Waals surface area contributed by atoms with Crippen LogP contribution in [0.2, 0.25) is 0 Å². The molecular weight excluding hydrogens is 303 g/mol. The van der Waals surface area contributed by atoms with Crippen molar-refractivity contribution in [3.63, 3.8) is 0 Å². The summed E-state index contributed by atoms with van der Waals surface area (Å²) in [6.07, 6.45) is -0.678. The minimum absolute atomic E-state index is 0.227. The topological polar surface area (TPSA) is 74.5 Å². The van der Waals surface area contributed by atoms with Crippen molar-refractivity contribution in [1.29, 1.82) is 0 Å². The van der Waals surface area contributed by atoms with E-state index in [1.54, 1.807) is 6.92 Å². The Labute approximate surface area is 133 Å². The van der Waals surface area contributed by atoms with E-state index in [-0.39, 0.29) is 23.7 Å². The normalized spacial score (nSPS) is 12.7. The van der Waals surface area contributed by atoms with E-state index >= 15 is 0 Å². The van der Waals surface area contributed by atoms with Crippen molar-refractivity contribution in [2.24, 2.45) is 0 Å². The molecular formula is C16H19FN2O4. The Hall–Kier alpha value is -2.44. The van der Waals surface area contributed by atoms with Crippen LogP contribution in [0.1, 0.15) is 45.5 Å². The van der Waals surface area contributed by atoms with Crippen molar-refractivity contribution in [3.8, 4) is 5.75 Å². The monoisotopic (exact) mass is 322 g/mol. The number of aromatic nitrogens is 2. The molecule has 1 aromatic heterocycles. The molecule has 1 heterocycles. The lowest BCUT2D eigenvalue weighted by molar-refractivity contribution is -0.152. The molecule has 0 aliphatic rings. The number of carbonyl (C=O) groups excluding carboxylic acids is 1. The van der Waals surface area contributed by atoms with Crippen molar-refractivity contribution in [2.45, 2.75) is 39.2 Å². The van der Waals surface area contributed by atoms with Crippen LogP contribution < -0.4 is 4.74 Å². The Morgan fingerprint density at radius 3 is 2.52 bits per heavy atom. The molecule has 0 saturated carbocycles. The van der Waals surface area contributed by atoms with Crippen molar-refractivity contribution in [3.05, 3.63) is 41.8 Å². The Morgan fingerprint density at radius 1 is 1.30 bits per heavy atom. The molecule has 1 aromatic carbocycles. The largest absolute Gasteiger partial charge is 0.482 e. The summed E-state index contributed by atoms with van der Waals surface area (Å²) >= 11 is 0. The van der Waals surface area contributed by atoms with Crippen molar-refractivity contribution < 1.29 is 23.2 Å². The third kappa shape index (κ3) is 4.77. The summed E-state index contributed by atoms with van der Waals surface area (Å²) in [7, 11) is 0. The van der Waals surface area contributed by atoms with Crippen molar-refractivity contribution in [2.75, 3.05) is 6.61 Å². The molecule has 1 unspecified atom stereocenters. The highest BCUT2D eigenvalue weighted by molar-refractivity contribution is 5.71. The molecule has 0 bridgehead atoms. The summed E-state index contributed by atoms with van der Waals surface area (Å²) in [5.74, 6) is 0.184. The molecule has 0 saturated heterocycles. The van der Waals surface area contributed by atoms with E-state index in [1.165, 1.54) is 24.3 Å². The molecule has 0 aliphatic heterocycles. The van der Waals surface area contributed by atoms with E-state index in [0.29, 0.717) is 11.6 Å². The van der Waals surface area contributed by atoms with Gasteiger partial charge in [-0.1, -0.05) is 25.9 Å². The van der Waals surface area contributed by atoms with Gasteiger partial charge in [0.15, 0.2) is 18.5 Å². The Bertz CT molecular complexity index is 661. The van der Waals surface area contributed by atoms with Crippen molar-refractivity contribution in [1.82, 2.24) is 10.1 Å². The molecule has 1 atom stereocenters. The van der Waals surface area contributed by atoms with Gasteiger partial charge in [-0.25, -0.2) is 9.18 Å². The predicted molar refractivity (Wildman–Crippen MR) is 79.4 cm³/mol. The highest BCUT2D eigenvalue weighted by Gasteiger charge is 2.24. The van der Waals surface area contributed by atoms with Gasteiger partial charge in [-0.05, 0) is 31.2 Å². The first kappa shape index (κ1) is 16.9. The molecule has 2 rings (SSSR count). The lowest BCUT2D eigenvalue weighted by Gasteiger charge is -2.12. The molecule has 0 fully saturated rings. The van der Waals surface area contributed by atoms with Gasteiger partial charge in [-0.15, -0.1) is 0 Å². The van der Waals surface area contributed by atoms with Gasteiger partial charge in [0.05, 0.1) is 0 Å². The molecule has 124 valence electrons. The van der Waals surface area contributed by atoms with E-state index in [1.807, 2.05) is 20.8 Å². The number of benzene rings is 1. The van der Waals surface area contributed by atoms with Crippen molar-refractivity contribution >= 4 is 5.97 Å². The fourth-order valence-electron chi connectivity index (χ4n) is 1.66. The van der Waals surface area contributed by atoms with E-state index in [4.69, 9.17) is 14.0 Å². The second-order valence-electron chi connectivity index (χ2n) is 6.08. The maximum absolute atomic E-state index is 12.8. The fourth-order valence-corrected chi connectivity index (χ4v) is 1.66. The second kappa shape index (κ2) is 6.76. The highest BCUT2D eigenvalue weighted by atomic mass is 19.1. The summed E-state index contributed by atoms with van der Waals surface area (Å²) < 4.78 is 28.3. The van der Waals surface area contributed by atoms with Gasteiger partial charge in [0, 0.05) is 5.41 Å². The zero-order valence-corrected chi connectivity index (χ0v) is 13.5. The summed E-state index contributed by atoms with van der Waals surface area (Å²) in [6, 6.07) is 5.35. The third-order valence-electron chi connectivity index (χ3n) is 2.94. The molecule has 6 nitrogen and oxygen atoms in total. The Balaban J connectivity index is 1.87. The fraction of sp³-hybridized carbons (Fsp3) is 0.438. The maximum Gasteiger partial charge on any atom is 0.344 e. The van der Waals surface area contributed by atoms with Gasteiger partial charge in [-0.2, -0.15) is 4.98 Å². The average Bonchev–Trinajstić information content (AvgIpc) is 2.96. The van der Waals surface area contributed by atoms with Gasteiger partial charge in [0.2, 0.25) is 0 Å². The minimum Gasteiger partial charge on any atom is -0.482 e. The van der Waals surface area contributed by atoms with Crippen LogP contribution in [0, 0.1) is 5.82 Å². The van der Waals surface area contributed by atoms with Crippen LogP contribution in [-0.4, -0.2) is 22.7 Å². The number of esters is 1. The molecule has 0 N–H and O–H groups in total. The lowest BCUT2D eigenvalue weighted by atomic mass is 9.96. The zero-order chi connectivity index (χ0) is 17.0. The van der Waals surface area contributed by atoms with Gasteiger partial charge in [-0.3, -0.25) is 0 Å². The van der Waals surface area contributed by atoms with E-state index in [0.717, 1.165) is 0 Å². The van der Waals surface area contributed by atoms with Gasteiger partial charge in [0.1, 0.15) is 11.6 Å². The highest BCUT2D eigenvalue weighted by Crippen LogP contribution is 2.22. The maximum atomic E-state index is 12.8. The number of ether oxygens (including phenoxy) is 2. The van der Waals surface area contributed by atoms with Gasteiger partial charge < -0.3 is 14.0 Å². The SMILES string of the molecule is CC(OC(=O)COc1ccc(F)cc1)c1nc(C(C)(C)C)no1. The molecule has 0 aliphatic carbocycles. The molecule has 0 amide bonds. The Kier molecular flexibility index (Phi) is 4.98. The zero-order valence-electron chi connectivity index (χ0n) is 13.5. The van der Waals surface area contributed by atoms with Crippen LogP contribution in [0.25, 0.3) is 0 Å². The van der Waals surface area contributed by atoms with Gasteiger partial charge >= 0.3 is 5.97 Å². The van der Waals surface area contributed by atoms with Crippen LogP contribution >= 0.6 is 0 Å². The van der Waals surface area contributed by atoms with Crippen LogP contribution in [0.4, 0.5) is 4.39 Å². The second-order valence-corrected chi connectivity index (χ2v) is 6.08. The molecule has 7 heteroatoms. The van der Waals surface area contributed by atoms with Crippen LogP contribution in [0.5, 0.6) is 5.75 Å². The average molecular weight is 322 g/mol. The standard InChI is InChI=1S/C16H19FN2O4/c1-10(14-18-15(19-23-14)16(2,3)4)22-13(20)9-21-12-7-5-11(17)6-8-12/h5-8,10H,9H2,1-4H3. The summed E-state index contributed by atoms with van der Waals surface area (Å²) in [5.41, 5.74) is -0.253. The Morgan fingerprint density at radius 2 is 1.96 bits per heavy atom. The first-order chi connectivity index (χ1) is 10.8. The van der Waals surface area contributed by atoms with Crippen LogP contribution in [0.15, 0.2) is 28.8 Å².